The molecule has 1 N–H and O–H groups in total. The smallest absolute Gasteiger partial charge is 0.0702 e. The van der Waals surface area contributed by atoms with Crippen molar-refractivity contribution in [3.05, 3.63) is 42.1 Å². The third-order valence-corrected chi connectivity index (χ3v) is 3.94. The number of likely N-dealkylation sites (N-methyl/N-ethyl adjacent to an activating group) is 1. The third kappa shape index (κ3) is 1.93. The zero-order chi connectivity index (χ0) is 11.7. The van der Waals surface area contributed by atoms with Crippen LogP contribution in [0.15, 0.2) is 36.5 Å². The van der Waals surface area contributed by atoms with Crippen LogP contribution in [-0.2, 0) is 0 Å². The van der Waals surface area contributed by atoms with E-state index in [4.69, 9.17) is 0 Å². The van der Waals surface area contributed by atoms with Gasteiger partial charge in [0.2, 0.25) is 0 Å². The predicted molar refractivity (Wildman–Crippen MR) is 71.2 cm³/mol. The van der Waals surface area contributed by atoms with E-state index >= 15 is 0 Å². The average Bonchev–Trinajstić information content (AvgIpc) is 2.86. The van der Waals surface area contributed by atoms with E-state index < -0.39 is 0 Å². The van der Waals surface area contributed by atoms with Gasteiger partial charge in [0.25, 0.3) is 0 Å². The molecule has 0 bridgehead atoms. The summed E-state index contributed by atoms with van der Waals surface area (Å²) in [6.07, 6.45) is 5.79. The summed E-state index contributed by atoms with van der Waals surface area (Å²) in [5.74, 6) is 0.671. The molecule has 17 heavy (non-hydrogen) atoms. The molecule has 2 aromatic rings. The lowest BCUT2D eigenvalue weighted by Gasteiger charge is -2.19. The lowest BCUT2D eigenvalue weighted by molar-refractivity contribution is 0.522. The molecular weight excluding hydrogens is 208 g/mol. The number of aromatic nitrogens is 1. The summed E-state index contributed by atoms with van der Waals surface area (Å²) in [5.41, 5.74) is 2.55. The summed E-state index contributed by atoms with van der Waals surface area (Å²) in [5, 5.41) is 4.70. The fourth-order valence-electron chi connectivity index (χ4n) is 3.03. The molecule has 1 aliphatic carbocycles. The molecule has 0 amide bonds. The van der Waals surface area contributed by atoms with Gasteiger partial charge >= 0.3 is 0 Å². The van der Waals surface area contributed by atoms with Crippen molar-refractivity contribution >= 4 is 10.9 Å². The molecule has 88 valence electrons. The van der Waals surface area contributed by atoms with Crippen molar-refractivity contribution in [1.82, 2.24) is 10.3 Å². The summed E-state index contributed by atoms with van der Waals surface area (Å²) in [4.78, 5) is 4.37. The Labute approximate surface area is 102 Å². The minimum absolute atomic E-state index is 0.643. The van der Waals surface area contributed by atoms with Crippen molar-refractivity contribution in [3.63, 3.8) is 0 Å². The maximum atomic E-state index is 4.37. The number of rotatable bonds is 2. The number of hydrogen-bond acceptors (Lipinski definition) is 2. The first-order valence-electron chi connectivity index (χ1n) is 6.40. The van der Waals surface area contributed by atoms with Gasteiger partial charge in [-0.2, -0.15) is 0 Å². The number of hydrogen-bond donors (Lipinski definition) is 1. The van der Waals surface area contributed by atoms with Gasteiger partial charge < -0.3 is 5.32 Å². The minimum Gasteiger partial charge on any atom is -0.316 e. The lowest BCUT2D eigenvalue weighted by Crippen LogP contribution is -2.27. The Morgan fingerprint density at radius 2 is 2.18 bits per heavy atom. The highest BCUT2D eigenvalue weighted by Crippen LogP contribution is 2.35. The quantitative estimate of drug-likeness (QED) is 0.851. The molecule has 1 aliphatic rings. The molecule has 2 unspecified atom stereocenters. The first-order chi connectivity index (χ1) is 8.38. The van der Waals surface area contributed by atoms with Gasteiger partial charge in [-0.15, -0.1) is 0 Å². The SMILES string of the molecule is CNC1CCCC1c1ccc2ncccc2c1. The largest absolute Gasteiger partial charge is 0.316 e. The van der Waals surface area contributed by atoms with Crippen LogP contribution in [0.3, 0.4) is 0 Å². The number of nitrogens with one attached hydrogen (secondary N) is 1. The molecule has 2 atom stereocenters. The zero-order valence-corrected chi connectivity index (χ0v) is 10.2. The molecule has 0 spiro atoms. The van der Waals surface area contributed by atoms with E-state index in [0.717, 1.165) is 5.52 Å². The van der Waals surface area contributed by atoms with Gasteiger partial charge in [-0.3, -0.25) is 4.98 Å². The molecular formula is C15H18N2. The second-order valence-electron chi connectivity index (χ2n) is 4.89. The summed E-state index contributed by atoms with van der Waals surface area (Å²) >= 11 is 0. The van der Waals surface area contributed by atoms with E-state index in [2.05, 4.69) is 41.6 Å². The Morgan fingerprint density at radius 3 is 3.06 bits per heavy atom. The molecule has 0 saturated heterocycles. The van der Waals surface area contributed by atoms with E-state index in [-0.39, 0.29) is 0 Å². The summed E-state index contributed by atoms with van der Waals surface area (Å²) in [6.45, 7) is 0. The van der Waals surface area contributed by atoms with E-state index in [9.17, 15) is 0 Å². The molecule has 0 aliphatic heterocycles. The van der Waals surface area contributed by atoms with Crippen LogP contribution in [0.25, 0.3) is 10.9 Å². The molecule has 2 heteroatoms. The number of pyridine rings is 1. The Kier molecular flexibility index (Phi) is 2.81. The second-order valence-corrected chi connectivity index (χ2v) is 4.89. The normalized spacial score (nSPS) is 24.3. The average molecular weight is 226 g/mol. The minimum atomic E-state index is 0.643. The third-order valence-electron chi connectivity index (χ3n) is 3.94. The highest BCUT2D eigenvalue weighted by atomic mass is 14.9. The highest BCUT2D eigenvalue weighted by Gasteiger charge is 2.27. The molecule has 1 heterocycles. The molecule has 1 fully saturated rings. The fraction of sp³-hybridized carbons (Fsp3) is 0.400. The van der Waals surface area contributed by atoms with Crippen LogP contribution in [0, 0.1) is 0 Å². The van der Waals surface area contributed by atoms with Crippen LogP contribution in [-0.4, -0.2) is 18.1 Å². The molecule has 0 radical (unpaired) electrons. The summed E-state index contributed by atoms with van der Waals surface area (Å²) in [6, 6.07) is 11.5. The molecule has 1 saturated carbocycles. The van der Waals surface area contributed by atoms with Gasteiger partial charge in [0.1, 0.15) is 0 Å². The maximum Gasteiger partial charge on any atom is 0.0702 e. The van der Waals surface area contributed by atoms with Crippen LogP contribution in [0.5, 0.6) is 0 Å². The first-order valence-corrected chi connectivity index (χ1v) is 6.40. The lowest BCUT2D eigenvalue weighted by atomic mass is 9.93. The summed E-state index contributed by atoms with van der Waals surface area (Å²) in [7, 11) is 2.07. The van der Waals surface area contributed by atoms with Gasteiger partial charge in [-0.25, -0.2) is 0 Å². The van der Waals surface area contributed by atoms with Crippen LogP contribution in [0.2, 0.25) is 0 Å². The van der Waals surface area contributed by atoms with Crippen molar-refractivity contribution in [1.29, 1.82) is 0 Å². The van der Waals surface area contributed by atoms with Crippen molar-refractivity contribution < 1.29 is 0 Å². The van der Waals surface area contributed by atoms with Crippen molar-refractivity contribution in [3.8, 4) is 0 Å². The van der Waals surface area contributed by atoms with Crippen molar-refractivity contribution in [2.24, 2.45) is 0 Å². The number of benzene rings is 1. The van der Waals surface area contributed by atoms with E-state index in [1.54, 1.807) is 0 Å². The highest BCUT2D eigenvalue weighted by molar-refractivity contribution is 5.79. The molecule has 1 aromatic carbocycles. The van der Waals surface area contributed by atoms with Crippen LogP contribution < -0.4 is 5.32 Å². The molecule has 1 aromatic heterocycles. The fourth-order valence-corrected chi connectivity index (χ4v) is 3.03. The maximum absolute atomic E-state index is 4.37. The van der Waals surface area contributed by atoms with Crippen molar-refractivity contribution in [2.75, 3.05) is 7.05 Å². The van der Waals surface area contributed by atoms with E-state index in [0.29, 0.717) is 12.0 Å². The Bertz CT molecular complexity index is 521. The molecule has 3 rings (SSSR count). The van der Waals surface area contributed by atoms with Crippen LogP contribution in [0.4, 0.5) is 0 Å². The van der Waals surface area contributed by atoms with Crippen LogP contribution in [0.1, 0.15) is 30.7 Å². The van der Waals surface area contributed by atoms with Gasteiger partial charge in [0, 0.05) is 17.6 Å². The Balaban J connectivity index is 2.00. The topological polar surface area (TPSA) is 24.9 Å². The standard InChI is InChI=1S/C15H18N2/c1-16-15-6-2-5-13(15)11-7-8-14-12(10-11)4-3-9-17-14/h3-4,7-10,13,15-16H,2,5-6H2,1H3. The first kappa shape index (κ1) is 10.7. The zero-order valence-electron chi connectivity index (χ0n) is 10.2. The number of nitrogens with zero attached hydrogens (tertiary/aromatic N) is 1. The van der Waals surface area contributed by atoms with Gasteiger partial charge in [-0.05, 0) is 49.6 Å². The number of fused-ring (bicyclic) bond motifs is 1. The summed E-state index contributed by atoms with van der Waals surface area (Å²) < 4.78 is 0. The van der Waals surface area contributed by atoms with E-state index in [1.165, 1.54) is 30.2 Å². The Morgan fingerprint density at radius 1 is 1.24 bits per heavy atom. The van der Waals surface area contributed by atoms with Gasteiger partial charge in [0.15, 0.2) is 0 Å². The van der Waals surface area contributed by atoms with Crippen LogP contribution >= 0.6 is 0 Å². The molecule has 2 nitrogen and oxygen atoms in total. The predicted octanol–water partition coefficient (Wildman–Crippen LogP) is 3.09. The monoisotopic (exact) mass is 226 g/mol. The van der Waals surface area contributed by atoms with E-state index in [1.807, 2.05) is 12.3 Å². The van der Waals surface area contributed by atoms with Crippen molar-refractivity contribution in [2.45, 2.75) is 31.2 Å². The van der Waals surface area contributed by atoms with Gasteiger partial charge in [-0.1, -0.05) is 18.6 Å². The Hall–Kier alpha value is -1.41. The van der Waals surface area contributed by atoms with Gasteiger partial charge in [0.05, 0.1) is 5.52 Å². The second kappa shape index (κ2) is 4.46.